The molecule has 1 aliphatic rings. The van der Waals surface area contributed by atoms with Gasteiger partial charge in [-0.25, -0.2) is 4.79 Å². The predicted octanol–water partition coefficient (Wildman–Crippen LogP) is 2.75. The molecule has 1 saturated heterocycles. The predicted molar refractivity (Wildman–Crippen MR) is 88.8 cm³/mol. The first kappa shape index (κ1) is 18.7. The minimum atomic E-state index is -0.483. The van der Waals surface area contributed by atoms with Gasteiger partial charge in [0.25, 0.3) is 5.69 Å². The number of nitro groups is 1. The average molecular weight is 350 g/mol. The van der Waals surface area contributed by atoms with E-state index in [2.05, 4.69) is 0 Å². The van der Waals surface area contributed by atoms with E-state index in [1.807, 2.05) is 13.8 Å². The van der Waals surface area contributed by atoms with Gasteiger partial charge in [-0.3, -0.25) is 14.9 Å². The summed E-state index contributed by atoms with van der Waals surface area (Å²) in [7, 11) is 1.36. The van der Waals surface area contributed by atoms with Gasteiger partial charge in [-0.1, -0.05) is 13.8 Å². The van der Waals surface area contributed by atoms with Gasteiger partial charge in [-0.05, 0) is 29.5 Å². The maximum absolute atomic E-state index is 12.3. The summed E-state index contributed by atoms with van der Waals surface area (Å²) >= 11 is 0. The van der Waals surface area contributed by atoms with E-state index in [1.54, 1.807) is 17.0 Å². The Morgan fingerprint density at radius 1 is 1.32 bits per heavy atom. The number of nitro benzene ring substituents is 1. The molecule has 1 aliphatic heterocycles. The quantitative estimate of drug-likeness (QED) is 0.470. The molecule has 2 rings (SSSR count). The fraction of sp³-hybridized carbons (Fsp3) is 0.529. The molecule has 0 aromatic heterocycles. The summed E-state index contributed by atoms with van der Waals surface area (Å²) in [4.78, 5) is 35.8. The highest BCUT2D eigenvalue weighted by atomic mass is 16.6. The van der Waals surface area contributed by atoms with Crippen molar-refractivity contribution < 1.29 is 24.0 Å². The lowest BCUT2D eigenvalue weighted by molar-refractivity contribution is -0.384. The third kappa shape index (κ3) is 4.46. The lowest BCUT2D eigenvalue weighted by Gasteiger charge is -2.42. The van der Waals surface area contributed by atoms with Gasteiger partial charge in [0.05, 0.1) is 18.0 Å². The summed E-state index contributed by atoms with van der Waals surface area (Å²) < 4.78 is 10.1. The lowest BCUT2D eigenvalue weighted by atomic mass is 9.74. The number of rotatable bonds is 4. The highest BCUT2D eigenvalue weighted by molar-refractivity contribution is 5.74. The van der Waals surface area contributed by atoms with Gasteiger partial charge in [-0.15, -0.1) is 0 Å². The topological polar surface area (TPSA) is 99.0 Å². The van der Waals surface area contributed by atoms with Crippen LogP contribution in [0.3, 0.4) is 0 Å². The zero-order chi connectivity index (χ0) is 18.6. The van der Waals surface area contributed by atoms with Crippen LogP contribution in [0.5, 0.6) is 0 Å². The molecule has 1 heterocycles. The van der Waals surface area contributed by atoms with Crippen LogP contribution in [0.1, 0.15) is 25.8 Å². The largest absolute Gasteiger partial charge is 0.469 e. The van der Waals surface area contributed by atoms with Crippen LogP contribution < -0.4 is 0 Å². The van der Waals surface area contributed by atoms with Gasteiger partial charge in [0, 0.05) is 25.2 Å². The summed E-state index contributed by atoms with van der Waals surface area (Å²) in [6, 6.07) is 5.85. The Kier molecular flexibility index (Phi) is 5.61. The smallest absolute Gasteiger partial charge is 0.410 e. The van der Waals surface area contributed by atoms with Crippen molar-refractivity contribution >= 4 is 17.7 Å². The number of non-ortho nitro benzene ring substituents is 1. The summed E-state index contributed by atoms with van der Waals surface area (Å²) in [6.07, 6.45) is 0.0569. The second-order valence-corrected chi connectivity index (χ2v) is 6.75. The second kappa shape index (κ2) is 7.50. The Bertz CT molecular complexity index is 656. The molecule has 1 aromatic carbocycles. The number of carbonyl (C=O) groups is 2. The Hall–Kier alpha value is -2.64. The van der Waals surface area contributed by atoms with Gasteiger partial charge < -0.3 is 14.4 Å². The maximum Gasteiger partial charge on any atom is 0.410 e. The van der Waals surface area contributed by atoms with E-state index < -0.39 is 16.4 Å². The molecule has 0 saturated carbocycles. The van der Waals surface area contributed by atoms with Gasteiger partial charge in [0.2, 0.25) is 0 Å². The van der Waals surface area contributed by atoms with E-state index in [0.29, 0.717) is 25.1 Å². The second-order valence-electron chi connectivity index (χ2n) is 6.75. The van der Waals surface area contributed by atoms with Gasteiger partial charge in [-0.2, -0.15) is 0 Å². The van der Waals surface area contributed by atoms with Crippen LogP contribution in [0.4, 0.5) is 10.5 Å². The molecular weight excluding hydrogens is 328 g/mol. The number of ether oxygens (including phenoxy) is 2. The number of methoxy groups -OCH3 is 1. The van der Waals surface area contributed by atoms with Crippen molar-refractivity contribution in [3.8, 4) is 0 Å². The van der Waals surface area contributed by atoms with Crippen LogP contribution >= 0.6 is 0 Å². The van der Waals surface area contributed by atoms with Crippen molar-refractivity contribution in [3.05, 3.63) is 39.9 Å². The van der Waals surface area contributed by atoms with Crippen LogP contribution in [-0.4, -0.2) is 42.1 Å². The first-order valence-corrected chi connectivity index (χ1v) is 7.97. The molecule has 1 atom stereocenters. The summed E-state index contributed by atoms with van der Waals surface area (Å²) in [5.74, 6) is -0.514. The standard InChI is InChI=1S/C17H22N2O6/c1-17(2)11-18(9-8-14(17)15(20)24-3)16(21)25-10-12-4-6-13(7-5-12)19(22)23/h4-7,14H,8-11H2,1-3H3. The Labute approximate surface area is 145 Å². The molecule has 0 aliphatic carbocycles. The van der Waals surface area contributed by atoms with Crippen LogP contribution in [0.2, 0.25) is 0 Å². The third-order valence-electron chi connectivity index (χ3n) is 4.48. The molecule has 8 nitrogen and oxygen atoms in total. The number of likely N-dealkylation sites (tertiary alicyclic amines) is 1. The summed E-state index contributed by atoms with van der Waals surface area (Å²) in [5.41, 5.74) is 0.252. The molecule has 0 radical (unpaired) electrons. The normalized spacial score (nSPS) is 19.2. The third-order valence-corrected chi connectivity index (χ3v) is 4.48. The first-order chi connectivity index (χ1) is 11.7. The number of benzene rings is 1. The molecule has 1 aromatic rings. The molecule has 1 amide bonds. The fourth-order valence-corrected chi connectivity index (χ4v) is 3.04. The molecule has 1 unspecified atom stereocenters. The SMILES string of the molecule is COC(=O)C1CCN(C(=O)OCc2ccc([N+](=O)[O-])cc2)CC1(C)C. The van der Waals surface area contributed by atoms with E-state index in [9.17, 15) is 19.7 Å². The van der Waals surface area contributed by atoms with Crippen molar-refractivity contribution in [3.63, 3.8) is 0 Å². The highest BCUT2D eigenvalue weighted by Gasteiger charge is 2.42. The molecule has 25 heavy (non-hydrogen) atoms. The number of carbonyl (C=O) groups excluding carboxylic acids is 2. The van der Waals surface area contributed by atoms with E-state index in [4.69, 9.17) is 9.47 Å². The Morgan fingerprint density at radius 2 is 1.96 bits per heavy atom. The molecule has 0 N–H and O–H groups in total. The minimum absolute atomic E-state index is 0.0123. The highest BCUT2D eigenvalue weighted by Crippen LogP contribution is 2.36. The number of esters is 1. The molecular formula is C17H22N2O6. The number of hydrogen-bond donors (Lipinski definition) is 0. The van der Waals surface area contributed by atoms with Crippen molar-refractivity contribution in [2.75, 3.05) is 20.2 Å². The first-order valence-electron chi connectivity index (χ1n) is 7.97. The van der Waals surface area contributed by atoms with E-state index in [0.717, 1.165) is 0 Å². The monoisotopic (exact) mass is 350 g/mol. The fourth-order valence-electron chi connectivity index (χ4n) is 3.04. The number of amides is 1. The zero-order valence-corrected chi connectivity index (χ0v) is 14.6. The average Bonchev–Trinajstić information content (AvgIpc) is 2.58. The van der Waals surface area contributed by atoms with E-state index in [1.165, 1.54) is 19.2 Å². The summed E-state index contributed by atoms with van der Waals surface area (Å²) in [5, 5.41) is 10.6. The van der Waals surface area contributed by atoms with Crippen molar-refractivity contribution in [2.45, 2.75) is 26.9 Å². The Balaban J connectivity index is 1.91. The van der Waals surface area contributed by atoms with Gasteiger partial charge in [0.1, 0.15) is 6.61 Å². The number of piperidine rings is 1. The molecule has 8 heteroatoms. The molecule has 0 spiro atoms. The van der Waals surface area contributed by atoms with Crippen LogP contribution in [0.15, 0.2) is 24.3 Å². The van der Waals surface area contributed by atoms with E-state index in [-0.39, 0.29) is 24.2 Å². The Morgan fingerprint density at radius 3 is 2.48 bits per heavy atom. The van der Waals surface area contributed by atoms with Crippen LogP contribution in [0.25, 0.3) is 0 Å². The van der Waals surface area contributed by atoms with Crippen molar-refractivity contribution in [2.24, 2.45) is 11.3 Å². The van der Waals surface area contributed by atoms with Gasteiger partial charge >= 0.3 is 12.1 Å². The summed E-state index contributed by atoms with van der Waals surface area (Å²) in [6.45, 7) is 4.69. The zero-order valence-electron chi connectivity index (χ0n) is 14.6. The van der Waals surface area contributed by atoms with Crippen molar-refractivity contribution in [1.82, 2.24) is 4.90 Å². The van der Waals surface area contributed by atoms with Crippen LogP contribution in [-0.2, 0) is 20.9 Å². The van der Waals surface area contributed by atoms with Crippen LogP contribution in [0, 0.1) is 21.4 Å². The lowest BCUT2D eigenvalue weighted by Crippen LogP contribution is -2.50. The van der Waals surface area contributed by atoms with E-state index >= 15 is 0 Å². The molecule has 1 fully saturated rings. The molecule has 0 bridgehead atoms. The van der Waals surface area contributed by atoms with Gasteiger partial charge in [0.15, 0.2) is 0 Å². The van der Waals surface area contributed by atoms with Crippen molar-refractivity contribution in [1.29, 1.82) is 0 Å². The minimum Gasteiger partial charge on any atom is -0.469 e. The maximum atomic E-state index is 12.3. The number of hydrogen-bond acceptors (Lipinski definition) is 6. The number of nitrogens with zero attached hydrogens (tertiary/aromatic N) is 2. The molecule has 136 valence electrons.